The molecule has 4 rings (SSSR count). The van der Waals surface area contributed by atoms with Gasteiger partial charge in [-0.15, -0.1) is 0 Å². The quantitative estimate of drug-likeness (QED) is 0.561. The normalized spacial score (nSPS) is 46.2. The zero-order chi connectivity index (χ0) is 20.1. The second-order valence-corrected chi connectivity index (χ2v) is 11.3. The monoisotopic (exact) mass is 386 g/mol. The number of carbonyl (C=O) groups is 1. The van der Waals surface area contributed by atoms with E-state index in [4.69, 9.17) is 0 Å². The summed E-state index contributed by atoms with van der Waals surface area (Å²) in [5.74, 6) is 4.45. The van der Waals surface area contributed by atoms with E-state index >= 15 is 0 Å². The molecule has 8 atom stereocenters. The molecule has 2 nitrogen and oxygen atoms in total. The summed E-state index contributed by atoms with van der Waals surface area (Å²) >= 11 is 0. The van der Waals surface area contributed by atoms with Crippen LogP contribution in [0.25, 0.3) is 0 Å². The van der Waals surface area contributed by atoms with Crippen LogP contribution in [0.2, 0.25) is 0 Å². The Bertz CT molecular complexity index is 636. The molecule has 1 N–H and O–H groups in total. The lowest BCUT2D eigenvalue weighted by Gasteiger charge is -2.58. The van der Waals surface area contributed by atoms with E-state index in [2.05, 4.69) is 26.8 Å². The highest BCUT2D eigenvalue weighted by atomic mass is 16.3. The molecule has 0 aromatic rings. The van der Waals surface area contributed by atoms with Crippen molar-refractivity contribution in [2.75, 3.05) is 0 Å². The molecule has 4 aliphatic rings. The third-order valence-corrected chi connectivity index (χ3v) is 10.1. The summed E-state index contributed by atoms with van der Waals surface area (Å²) in [6.07, 6.45) is 14.9. The SMILES string of the molecule is CCC(=O)CC[C@@H](C)C1CC[C@H]2[C@@H]3CC=C4C[C@@H](O)CC[C@]4(C)[C@H]3CC[C@]12C. The number of carbonyl (C=O) groups excluding carboxylic acids is 1. The minimum absolute atomic E-state index is 0.104. The molecule has 0 heterocycles. The van der Waals surface area contributed by atoms with Crippen LogP contribution in [0.1, 0.15) is 98.3 Å². The van der Waals surface area contributed by atoms with Gasteiger partial charge in [0.25, 0.3) is 0 Å². The number of aliphatic hydroxyl groups is 1. The minimum Gasteiger partial charge on any atom is -0.393 e. The van der Waals surface area contributed by atoms with Crippen LogP contribution in [0.5, 0.6) is 0 Å². The smallest absolute Gasteiger partial charge is 0.132 e. The Kier molecular flexibility index (Phi) is 5.57. The average Bonchev–Trinajstić information content (AvgIpc) is 3.03. The van der Waals surface area contributed by atoms with E-state index < -0.39 is 0 Å². The van der Waals surface area contributed by atoms with Gasteiger partial charge in [0.15, 0.2) is 0 Å². The van der Waals surface area contributed by atoms with Gasteiger partial charge in [-0.05, 0) is 98.2 Å². The zero-order valence-corrected chi connectivity index (χ0v) is 18.7. The first-order chi connectivity index (χ1) is 13.3. The van der Waals surface area contributed by atoms with Crippen molar-refractivity contribution in [2.24, 2.45) is 40.4 Å². The van der Waals surface area contributed by atoms with Crippen molar-refractivity contribution >= 4 is 5.78 Å². The summed E-state index contributed by atoms with van der Waals surface area (Å²) in [7, 11) is 0. The van der Waals surface area contributed by atoms with Gasteiger partial charge >= 0.3 is 0 Å². The van der Waals surface area contributed by atoms with Crippen molar-refractivity contribution in [2.45, 2.75) is 104 Å². The molecule has 0 aromatic carbocycles. The van der Waals surface area contributed by atoms with E-state index in [1.807, 2.05) is 6.92 Å². The fourth-order valence-electron chi connectivity index (χ4n) is 8.38. The molecule has 0 spiro atoms. The number of rotatable bonds is 5. The van der Waals surface area contributed by atoms with Gasteiger partial charge < -0.3 is 5.11 Å². The van der Waals surface area contributed by atoms with E-state index in [1.165, 1.54) is 38.5 Å². The fraction of sp³-hybridized carbons (Fsp3) is 0.885. The lowest BCUT2D eigenvalue weighted by Crippen LogP contribution is -2.50. The molecular formula is C26H42O2. The molecular weight excluding hydrogens is 344 g/mol. The van der Waals surface area contributed by atoms with E-state index in [-0.39, 0.29) is 6.10 Å². The standard InChI is InChI=1S/C26H42O2/c1-5-19(27)8-6-17(2)22-10-11-23-21-9-7-18-16-20(28)12-14-25(18,3)24(21)13-15-26(22,23)4/h7,17,20-24,28H,5-6,8-16H2,1-4H3/t17-,20+,21+,22?,23+,24+,25+,26-/m1/s1. The Morgan fingerprint density at radius 2 is 1.96 bits per heavy atom. The van der Waals surface area contributed by atoms with Crippen molar-refractivity contribution in [3.05, 3.63) is 11.6 Å². The summed E-state index contributed by atoms with van der Waals surface area (Å²) < 4.78 is 0. The van der Waals surface area contributed by atoms with Gasteiger partial charge in [-0.25, -0.2) is 0 Å². The van der Waals surface area contributed by atoms with E-state index in [1.54, 1.807) is 5.57 Å². The second-order valence-electron chi connectivity index (χ2n) is 11.3. The Balaban J connectivity index is 1.51. The molecule has 1 unspecified atom stereocenters. The highest BCUT2D eigenvalue weighted by Crippen LogP contribution is 2.67. The number of aliphatic hydroxyl groups excluding tert-OH is 1. The predicted molar refractivity (Wildman–Crippen MR) is 115 cm³/mol. The van der Waals surface area contributed by atoms with Crippen molar-refractivity contribution in [1.29, 1.82) is 0 Å². The highest BCUT2D eigenvalue weighted by Gasteiger charge is 2.59. The molecule has 0 amide bonds. The Morgan fingerprint density at radius 3 is 2.71 bits per heavy atom. The van der Waals surface area contributed by atoms with E-state index in [0.29, 0.717) is 29.0 Å². The number of hydrogen-bond acceptors (Lipinski definition) is 2. The first kappa shape index (κ1) is 20.6. The molecule has 0 radical (unpaired) electrons. The van der Waals surface area contributed by atoms with Crippen LogP contribution in [0.3, 0.4) is 0 Å². The summed E-state index contributed by atoms with van der Waals surface area (Å²) in [6, 6.07) is 0. The summed E-state index contributed by atoms with van der Waals surface area (Å²) in [4.78, 5) is 11.8. The van der Waals surface area contributed by atoms with Gasteiger partial charge in [0.1, 0.15) is 5.78 Å². The van der Waals surface area contributed by atoms with E-state index in [0.717, 1.165) is 49.4 Å². The highest BCUT2D eigenvalue weighted by molar-refractivity contribution is 5.77. The lowest BCUT2D eigenvalue weighted by atomic mass is 9.47. The van der Waals surface area contributed by atoms with Crippen LogP contribution in [-0.2, 0) is 4.79 Å². The van der Waals surface area contributed by atoms with Crippen molar-refractivity contribution in [3.8, 4) is 0 Å². The maximum Gasteiger partial charge on any atom is 0.132 e. The van der Waals surface area contributed by atoms with Gasteiger partial charge in [-0.2, -0.15) is 0 Å². The molecule has 0 aliphatic heterocycles. The maximum absolute atomic E-state index is 11.8. The summed E-state index contributed by atoms with van der Waals surface area (Å²) in [6.45, 7) is 9.55. The van der Waals surface area contributed by atoms with Gasteiger partial charge in [0.2, 0.25) is 0 Å². The number of fused-ring (bicyclic) bond motifs is 5. The predicted octanol–water partition coefficient (Wildman–Crippen LogP) is 6.32. The van der Waals surface area contributed by atoms with Crippen molar-refractivity contribution < 1.29 is 9.90 Å². The van der Waals surface area contributed by atoms with Gasteiger partial charge in [0, 0.05) is 12.8 Å². The average molecular weight is 387 g/mol. The van der Waals surface area contributed by atoms with Crippen molar-refractivity contribution in [1.82, 2.24) is 0 Å². The number of ketones is 1. The summed E-state index contributed by atoms with van der Waals surface area (Å²) in [5, 5.41) is 10.2. The molecule has 2 heteroatoms. The van der Waals surface area contributed by atoms with E-state index in [9.17, 15) is 9.90 Å². The van der Waals surface area contributed by atoms with Gasteiger partial charge in [-0.3, -0.25) is 4.79 Å². The topological polar surface area (TPSA) is 37.3 Å². The Hall–Kier alpha value is -0.630. The first-order valence-electron chi connectivity index (χ1n) is 12.2. The van der Waals surface area contributed by atoms with Crippen LogP contribution in [0.4, 0.5) is 0 Å². The molecule has 4 aliphatic carbocycles. The number of hydrogen-bond donors (Lipinski definition) is 1. The van der Waals surface area contributed by atoms with Crippen LogP contribution < -0.4 is 0 Å². The number of allylic oxidation sites excluding steroid dienone is 1. The van der Waals surface area contributed by atoms with Gasteiger partial charge in [0.05, 0.1) is 6.10 Å². The van der Waals surface area contributed by atoms with Crippen LogP contribution in [0, 0.1) is 40.4 Å². The van der Waals surface area contributed by atoms with Crippen molar-refractivity contribution in [3.63, 3.8) is 0 Å². The summed E-state index contributed by atoms with van der Waals surface area (Å²) in [5.41, 5.74) is 2.41. The molecule has 0 aromatic heterocycles. The third-order valence-electron chi connectivity index (χ3n) is 10.1. The first-order valence-corrected chi connectivity index (χ1v) is 12.2. The molecule has 3 saturated carbocycles. The zero-order valence-electron chi connectivity index (χ0n) is 18.7. The van der Waals surface area contributed by atoms with Crippen LogP contribution in [-0.4, -0.2) is 17.0 Å². The molecule has 3 fully saturated rings. The third kappa shape index (κ3) is 3.22. The minimum atomic E-state index is -0.104. The van der Waals surface area contributed by atoms with Crippen LogP contribution >= 0.6 is 0 Å². The second kappa shape index (κ2) is 7.56. The molecule has 0 saturated heterocycles. The Labute approximate surface area is 172 Å². The molecule has 28 heavy (non-hydrogen) atoms. The lowest BCUT2D eigenvalue weighted by molar-refractivity contribution is -0.119. The van der Waals surface area contributed by atoms with Crippen LogP contribution in [0.15, 0.2) is 11.6 Å². The molecule has 158 valence electrons. The fourth-order valence-corrected chi connectivity index (χ4v) is 8.38. The number of Topliss-reactive ketones (excluding diaryl/α,β-unsaturated/α-hetero) is 1. The Morgan fingerprint density at radius 1 is 1.18 bits per heavy atom. The maximum atomic E-state index is 11.8. The largest absolute Gasteiger partial charge is 0.393 e. The molecule has 0 bridgehead atoms. The van der Waals surface area contributed by atoms with Gasteiger partial charge in [-0.1, -0.05) is 39.3 Å².